The number of hydrogen-bond donors (Lipinski definition) is 2. The number of carbonyl (C=O) groups is 1. The van der Waals surface area contributed by atoms with Crippen LogP contribution in [0.4, 0.5) is 4.79 Å². The van der Waals surface area contributed by atoms with Crippen molar-refractivity contribution in [1.29, 1.82) is 0 Å². The molecule has 1 aliphatic carbocycles. The van der Waals surface area contributed by atoms with Gasteiger partial charge in [0.15, 0.2) is 0 Å². The third-order valence-corrected chi connectivity index (χ3v) is 5.03. The van der Waals surface area contributed by atoms with E-state index in [-0.39, 0.29) is 12.0 Å². The van der Waals surface area contributed by atoms with Crippen molar-refractivity contribution >= 4 is 6.09 Å². The number of carbonyl (C=O) groups excluding carboxylic acids is 1. The van der Waals surface area contributed by atoms with Crippen LogP contribution in [-0.2, 0) is 4.74 Å². The molecule has 0 aromatic heterocycles. The van der Waals surface area contributed by atoms with Gasteiger partial charge in [0, 0.05) is 36.9 Å². The molecule has 2 fully saturated rings. The first-order valence-electron chi connectivity index (χ1n) is 9.95. The predicted octanol–water partition coefficient (Wildman–Crippen LogP) is 3.82. The minimum Gasteiger partial charge on any atom is -0.444 e. The van der Waals surface area contributed by atoms with E-state index in [0.29, 0.717) is 24.5 Å². The Balaban J connectivity index is 0.00000163. The second-order valence-electron chi connectivity index (χ2n) is 9.05. The Morgan fingerprint density at radius 3 is 2.15 bits per heavy atom. The van der Waals surface area contributed by atoms with Gasteiger partial charge in [-0.05, 0) is 51.9 Å². The van der Waals surface area contributed by atoms with Gasteiger partial charge in [0.2, 0.25) is 0 Å². The van der Waals surface area contributed by atoms with E-state index in [9.17, 15) is 4.79 Å². The van der Waals surface area contributed by atoms with Crippen molar-refractivity contribution in [3.8, 4) is 0 Å². The van der Waals surface area contributed by atoms with Gasteiger partial charge in [-0.15, -0.1) is 0 Å². The van der Waals surface area contributed by atoms with E-state index in [0.717, 1.165) is 18.5 Å². The second kappa shape index (κ2) is 8.98. The van der Waals surface area contributed by atoms with E-state index in [1.54, 1.807) is 9.91 Å². The highest BCUT2D eigenvalue weighted by Gasteiger charge is 2.35. The van der Waals surface area contributed by atoms with E-state index < -0.39 is 5.60 Å². The summed E-state index contributed by atoms with van der Waals surface area (Å²) >= 11 is 0. The normalized spacial score (nSPS) is 21.4. The van der Waals surface area contributed by atoms with Crippen molar-refractivity contribution in [2.75, 3.05) is 13.1 Å². The molecule has 0 radical (unpaired) electrons. The molecular weight excluding hydrogens is 328 g/mol. The molecule has 1 saturated carbocycles. The number of hydrogen-bond acceptors (Lipinski definition) is 5. The average molecular weight is 369 g/mol. The quantitative estimate of drug-likeness (QED) is 0.584. The number of nitrogens with two attached hydrogens (primary N) is 2. The zero-order valence-electron chi connectivity index (χ0n) is 17.8. The van der Waals surface area contributed by atoms with Crippen LogP contribution in [0.1, 0.15) is 74.1 Å². The highest BCUT2D eigenvalue weighted by molar-refractivity contribution is 5.69. The van der Waals surface area contributed by atoms with Crippen LogP contribution in [-0.4, -0.2) is 40.7 Å². The van der Waals surface area contributed by atoms with Gasteiger partial charge < -0.3 is 20.4 Å². The molecule has 1 saturated heterocycles. The number of ether oxygens (including phenoxy) is 1. The monoisotopic (exact) mass is 368 g/mol. The highest BCUT2D eigenvalue weighted by Crippen LogP contribution is 2.36. The van der Waals surface area contributed by atoms with E-state index in [1.165, 1.54) is 12.8 Å². The van der Waals surface area contributed by atoms with Crippen molar-refractivity contribution in [3.05, 3.63) is 11.9 Å². The molecule has 0 aromatic carbocycles. The minimum atomic E-state index is -0.466. The molecule has 6 heteroatoms. The van der Waals surface area contributed by atoms with Gasteiger partial charge in [-0.3, -0.25) is 0 Å². The summed E-state index contributed by atoms with van der Waals surface area (Å²) in [7, 11) is 0. The fourth-order valence-corrected chi connectivity index (χ4v) is 3.23. The van der Waals surface area contributed by atoms with Crippen LogP contribution in [0.3, 0.4) is 0 Å². The average Bonchev–Trinajstić information content (AvgIpc) is 2.45. The zero-order valence-corrected chi connectivity index (χ0v) is 17.8. The van der Waals surface area contributed by atoms with Crippen molar-refractivity contribution < 1.29 is 9.53 Å². The Morgan fingerprint density at radius 2 is 1.69 bits per heavy atom. The van der Waals surface area contributed by atoms with Gasteiger partial charge in [0.25, 0.3) is 0 Å². The second-order valence-corrected chi connectivity index (χ2v) is 9.05. The van der Waals surface area contributed by atoms with Gasteiger partial charge in [0.1, 0.15) is 5.60 Å². The number of likely N-dealkylation sites (tertiary alicyclic amines) is 1. The maximum Gasteiger partial charge on any atom is 0.410 e. The molecule has 6 nitrogen and oxygen atoms in total. The summed E-state index contributed by atoms with van der Waals surface area (Å²) in [6, 6.07) is 0.360. The first-order chi connectivity index (χ1) is 12.0. The first kappa shape index (κ1) is 22.6. The maximum absolute atomic E-state index is 11.9. The van der Waals surface area contributed by atoms with Crippen LogP contribution < -0.4 is 11.6 Å². The summed E-state index contributed by atoms with van der Waals surface area (Å²) in [4.78, 5) is 13.6. The lowest BCUT2D eigenvalue weighted by Crippen LogP contribution is -2.53. The number of rotatable bonds is 3. The molecule has 26 heavy (non-hydrogen) atoms. The predicted molar refractivity (Wildman–Crippen MR) is 107 cm³/mol. The van der Waals surface area contributed by atoms with Gasteiger partial charge in [-0.1, -0.05) is 27.7 Å². The van der Waals surface area contributed by atoms with Crippen LogP contribution >= 0.6 is 0 Å². The van der Waals surface area contributed by atoms with Gasteiger partial charge in [0.05, 0.1) is 0 Å². The summed E-state index contributed by atoms with van der Waals surface area (Å²) < 4.78 is 5.36. The standard InChI is InChI=1S/C18H34N4O2.C2H6/c1-17(2,3)24-16(23)21-10-13(11-21)15(19)12-22(20)14-6-8-18(4,5)9-7-14;1-2/h12-14H,6-11,19-20H2,1-5H3;1-2H3/b15-12-;. The van der Waals surface area contributed by atoms with E-state index in [4.69, 9.17) is 16.3 Å². The van der Waals surface area contributed by atoms with E-state index in [2.05, 4.69) is 13.8 Å². The van der Waals surface area contributed by atoms with Gasteiger partial charge >= 0.3 is 6.09 Å². The summed E-state index contributed by atoms with van der Waals surface area (Å²) in [6.07, 6.45) is 6.17. The Hall–Kier alpha value is -1.43. The van der Waals surface area contributed by atoms with Crippen LogP contribution in [0.5, 0.6) is 0 Å². The molecule has 1 heterocycles. The molecule has 0 spiro atoms. The Labute approximate surface area is 159 Å². The lowest BCUT2D eigenvalue weighted by atomic mass is 9.75. The molecule has 2 rings (SSSR count). The molecule has 4 N–H and O–H groups in total. The minimum absolute atomic E-state index is 0.170. The lowest BCUT2D eigenvalue weighted by Gasteiger charge is -2.41. The molecule has 1 amide bonds. The molecule has 0 aromatic rings. The van der Waals surface area contributed by atoms with E-state index >= 15 is 0 Å². The van der Waals surface area contributed by atoms with Crippen molar-refractivity contribution in [2.24, 2.45) is 22.9 Å². The third-order valence-electron chi connectivity index (χ3n) is 5.03. The molecule has 1 aliphatic heterocycles. The third kappa shape index (κ3) is 6.71. The molecule has 152 valence electrons. The van der Waals surface area contributed by atoms with Crippen molar-refractivity contribution in [3.63, 3.8) is 0 Å². The molecule has 0 unspecified atom stereocenters. The van der Waals surface area contributed by atoms with Gasteiger partial charge in [-0.2, -0.15) is 0 Å². The summed E-state index contributed by atoms with van der Waals surface area (Å²) in [5, 5.41) is 1.78. The fraction of sp³-hybridized carbons (Fsp3) is 0.850. The number of hydrazine groups is 1. The van der Waals surface area contributed by atoms with Crippen LogP contribution in [0.15, 0.2) is 11.9 Å². The summed E-state index contributed by atoms with van der Waals surface area (Å²) in [6.45, 7) is 15.4. The molecule has 0 atom stereocenters. The Bertz CT molecular complexity index is 481. The number of amides is 1. The number of nitrogens with zero attached hydrogens (tertiary/aromatic N) is 2. The SMILES string of the molecule is CC.CC1(C)CCC(N(N)/C=C(\N)C2CN(C(=O)OC(C)(C)C)C2)CC1. The Kier molecular flexibility index (Phi) is 7.81. The fourth-order valence-electron chi connectivity index (χ4n) is 3.23. The highest BCUT2D eigenvalue weighted by atomic mass is 16.6. The topological polar surface area (TPSA) is 84.8 Å². The summed E-state index contributed by atoms with van der Waals surface area (Å²) in [5.74, 6) is 6.37. The Morgan fingerprint density at radius 1 is 1.19 bits per heavy atom. The lowest BCUT2D eigenvalue weighted by molar-refractivity contribution is 0.00328. The molecule has 0 bridgehead atoms. The first-order valence-corrected chi connectivity index (χ1v) is 9.95. The van der Waals surface area contributed by atoms with Crippen molar-refractivity contribution in [1.82, 2.24) is 9.91 Å². The van der Waals surface area contributed by atoms with Crippen molar-refractivity contribution in [2.45, 2.75) is 85.8 Å². The van der Waals surface area contributed by atoms with Crippen LogP contribution in [0, 0.1) is 11.3 Å². The van der Waals surface area contributed by atoms with Crippen LogP contribution in [0.25, 0.3) is 0 Å². The van der Waals surface area contributed by atoms with E-state index in [1.807, 2.05) is 40.8 Å². The maximum atomic E-state index is 11.9. The zero-order chi connectivity index (χ0) is 20.1. The smallest absolute Gasteiger partial charge is 0.410 e. The van der Waals surface area contributed by atoms with Crippen LogP contribution in [0.2, 0.25) is 0 Å². The molecular formula is C20H40N4O2. The summed E-state index contributed by atoms with van der Waals surface area (Å²) in [5.41, 5.74) is 6.90. The molecule has 2 aliphatic rings. The largest absolute Gasteiger partial charge is 0.444 e. The van der Waals surface area contributed by atoms with Gasteiger partial charge in [-0.25, -0.2) is 10.6 Å².